The molecule has 2 unspecified atom stereocenters. The predicted octanol–water partition coefficient (Wildman–Crippen LogP) is 10.8. The maximum absolute atomic E-state index is 15.0. The van der Waals surface area contributed by atoms with Crippen LogP contribution in [0.2, 0.25) is 0 Å². The summed E-state index contributed by atoms with van der Waals surface area (Å²) >= 11 is 0. The Morgan fingerprint density at radius 2 is 1.26 bits per heavy atom. The molecule has 3 aromatic rings. The molecule has 0 radical (unpaired) electrons. The predicted molar refractivity (Wildman–Crippen MR) is 148 cm³/mol. The fraction of sp³-hybridized carbons (Fsp3) is 0.455. The number of unbranched alkanes of at least 4 members (excludes halogenated alkanes) is 4. The van der Waals surface area contributed by atoms with E-state index in [0.29, 0.717) is 18.6 Å². The Bertz CT molecular complexity index is 1450. The molecule has 4 rings (SSSR count). The van der Waals surface area contributed by atoms with Gasteiger partial charge in [0, 0.05) is 35.7 Å². The van der Waals surface area contributed by atoms with E-state index >= 15 is 0 Å². The second kappa shape index (κ2) is 14.7. The number of alkyl halides is 7. The summed E-state index contributed by atoms with van der Waals surface area (Å²) in [7, 11) is 0. The Kier molecular flexibility index (Phi) is 11.3. The molecule has 14 heteroatoms. The monoisotopic (exact) mass is 684 g/mol. The van der Waals surface area contributed by atoms with Crippen molar-refractivity contribution < 1.29 is 62.5 Å². The van der Waals surface area contributed by atoms with E-state index in [9.17, 15) is 48.3 Å². The maximum atomic E-state index is 15.0. The molecule has 0 aliphatic carbocycles. The Morgan fingerprint density at radius 1 is 0.702 bits per heavy atom. The van der Waals surface area contributed by atoms with Crippen molar-refractivity contribution >= 4 is 0 Å². The van der Waals surface area contributed by atoms with E-state index in [1.54, 1.807) is 0 Å². The normalized spacial score (nSPS) is 17.5. The van der Waals surface area contributed by atoms with Crippen LogP contribution in [0.4, 0.5) is 48.3 Å². The molecule has 47 heavy (non-hydrogen) atoms. The van der Waals surface area contributed by atoms with Gasteiger partial charge in [-0.05, 0) is 43.4 Å². The highest BCUT2D eigenvalue weighted by molar-refractivity contribution is 5.35. The van der Waals surface area contributed by atoms with Crippen LogP contribution in [0.15, 0.2) is 48.5 Å². The molecule has 1 aliphatic heterocycles. The molecule has 2 atom stereocenters. The Morgan fingerprint density at radius 3 is 1.79 bits per heavy atom. The summed E-state index contributed by atoms with van der Waals surface area (Å²) in [6.07, 6.45) is -10.8. The first-order valence-electron chi connectivity index (χ1n) is 14.9. The molecule has 0 aromatic heterocycles. The molecular weight excluding hydrogens is 653 g/mol. The molecular formula is C33H31F11O3. The minimum absolute atomic E-state index is 0.0607. The van der Waals surface area contributed by atoms with Crippen LogP contribution in [-0.4, -0.2) is 18.8 Å². The zero-order valence-corrected chi connectivity index (χ0v) is 25.0. The van der Waals surface area contributed by atoms with Crippen molar-refractivity contribution in [2.75, 3.05) is 6.61 Å². The fourth-order valence-corrected chi connectivity index (χ4v) is 5.36. The lowest BCUT2D eigenvalue weighted by Crippen LogP contribution is -2.44. The number of ether oxygens (including phenoxy) is 3. The van der Waals surface area contributed by atoms with E-state index in [1.165, 1.54) is 24.3 Å². The second-order valence-electron chi connectivity index (χ2n) is 11.3. The van der Waals surface area contributed by atoms with Crippen molar-refractivity contribution in [3.05, 3.63) is 94.1 Å². The summed E-state index contributed by atoms with van der Waals surface area (Å²) in [4.78, 5) is 0. The lowest BCUT2D eigenvalue weighted by atomic mass is 9.90. The molecule has 0 bridgehead atoms. The highest BCUT2D eigenvalue weighted by Crippen LogP contribution is 2.41. The molecule has 0 N–H and O–H groups in total. The van der Waals surface area contributed by atoms with E-state index in [-0.39, 0.29) is 18.6 Å². The zero-order valence-electron chi connectivity index (χ0n) is 25.0. The third kappa shape index (κ3) is 9.08. The molecule has 1 heterocycles. The SMILES string of the molecule is CCCCCCCc1ccc(C(F)(F)Oc2cc(F)c(C3CCC(C(F)(F)Oc4cc(F)c(C(F)(F)F)c(F)c4)OC3)c(F)c2)cc1. The van der Waals surface area contributed by atoms with Crippen LogP contribution in [0.5, 0.6) is 11.5 Å². The van der Waals surface area contributed by atoms with Crippen molar-refractivity contribution in [1.82, 2.24) is 0 Å². The van der Waals surface area contributed by atoms with E-state index < -0.39 is 94.9 Å². The number of benzene rings is 3. The molecule has 1 fully saturated rings. The fourth-order valence-electron chi connectivity index (χ4n) is 5.36. The highest BCUT2D eigenvalue weighted by Gasteiger charge is 2.47. The molecule has 1 aliphatic rings. The average Bonchev–Trinajstić information content (AvgIpc) is 2.95. The maximum Gasteiger partial charge on any atom is 0.426 e. The topological polar surface area (TPSA) is 27.7 Å². The van der Waals surface area contributed by atoms with Gasteiger partial charge in [0.1, 0.15) is 40.3 Å². The first-order chi connectivity index (χ1) is 22.0. The number of rotatable bonds is 13. The standard InChI is InChI=1S/C33H31F11O3/c1-2-3-4-5-6-7-19-8-11-21(12-9-19)32(41,42)46-22-14-24(34)29(25(35)15-22)20-10-13-28(45-18-20)33(43,44)47-23-16-26(36)30(27(37)17-23)31(38,39)40/h8-9,11-12,14-17,20,28H,2-7,10,13,18H2,1H3. The average molecular weight is 685 g/mol. The Labute approximate surface area is 263 Å². The van der Waals surface area contributed by atoms with Crippen molar-refractivity contribution in [2.45, 2.75) is 88.7 Å². The van der Waals surface area contributed by atoms with E-state index in [4.69, 9.17) is 4.74 Å². The van der Waals surface area contributed by atoms with Gasteiger partial charge in [0.05, 0.1) is 12.2 Å². The van der Waals surface area contributed by atoms with Crippen LogP contribution in [-0.2, 0) is 23.4 Å². The summed E-state index contributed by atoms with van der Waals surface area (Å²) in [5.74, 6) is -10.1. The summed E-state index contributed by atoms with van der Waals surface area (Å²) < 4.78 is 169. The smallest absolute Gasteiger partial charge is 0.426 e. The second-order valence-corrected chi connectivity index (χ2v) is 11.3. The summed E-state index contributed by atoms with van der Waals surface area (Å²) in [5.41, 5.74) is -2.59. The van der Waals surface area contributed by atoms with E-state index in [0.717, 1.165) is 37.7 Å². The van der Waals surface area contributed by atoms with Gasteiger partial charge in [-0.1, -0.05) is 44.7 Å². The number of aryl methyl sites for hydroxylation is 1. The zero-order chi connectivity index (χ0) is 34.6. The molecule has 0 saturated carbocycles. The van der Waals surface area contributed by atoms with Crippen LogP contribution in [0, 0.1) is 23.3 Å². The lowest BCUT2D eigenvalue weighted by Gasteiger charge is -2.34. The minimum Gasteiger partial charge on any atom is -0.430 e. The molecule has 258 valence electrons. The van der Waals surface area contributed by atoms with Gasteiger partial charge in [-0.2, -0.15) is 30.7 Å². The van der Waals surface area contributed by atoms with Gasteiger partial charge in [0.15, 0.2) is 6.10 Å². The van der Waals surface area contributed by atoms with Crippen LogP contribution in [0.1, 0.15) is 80.0 Å². The first-order valence-corrected chi connectivity index (χ1v) is 14.9. The third-order valence-electron chi connectivity index (χ3n) is 7.77. The molecule has 0 amide bonds. The van der Waals surface area contributed by atoms with E-state index in [1.807, 2.05) is 0 Å². The van der Waals surface area contributed by atoms with Gasteiger partial charge in [-0.3, -0.25) is 0 Å². The lowest BCUT2D eigenvalue weighted by molar-refractivity contribution is -0.262. The molecule has 3 nitrogen and oxygen atoms in total. The largest absolute Gasteiger partial charge is 0.430 e. The third-order valence-corrected chi connectivity index (χ3v) is 7.77. The van der Waals surface area contributed by atoms with Gasteiger partial charge in [0.2, 0.25) is 0 Å². The van der Waals surface area contributed by atoms with Gasteiger partial charge in [0.25, 0.3) is 0 Å². The van der Waals surface area contributed by atoms with Crippen molar-refractivity contribution in [2.24, 2.45) is 0 Å². The van der Waals surface area contributed by atoms with Gasteiger partial charge in [-0.15, -0.1) is 0 Å². The van der Waals surface area contributed by atoms with Crippen molar-refractivity contribution in [3.63, 3.8) is 0 Å². The summed E-state index contributed by atoms with van der Waals surface area (Å²) in [6, 6.07) is 6.35. The van der Waals surface area contributed by atoms with Crippen LogP contribution < -0.4 is 9.47 Å². The molecule has 1 saturated heterocycles. The van der Waals surface area contributed by atoms with Crippen molar-refractivity contribution in [3.8, 4) is 11.5 Å². The highest BCUT2D eigenvalue weighted by atomic mass is 19.4. The minimum atomic E-state index is -5.43. The van der Waals surface area contributed by atoms with Crippen LogP contribution >= 0.6 is 0 Å². The number of hydrogen-bond acceptors (Lipinski definition) is 3. The number of halogens is 11. The van der Waals surface area contributed by atoms with Crippen molar-refractivity contribution in [1.29, 1.82) is 0 Å². The van der Waals surface area contributed by atoms with Gasteiger partial charge < -0.3 is 14.2 Å². The summed E-state index contributed by atoms with van der Waals surface area (Å²) in [6.45, 7) is 1.40. The van der Waals surface area contributed by atoms with Gasteiger partial charge in [-0.25, -0.2) is 17.6 Å². The summed E-state index contributed by atoms with van der Waals surface area (Å²) in [5, 5.41) is 0. The quantitative estimate of drug-likeness (QED) is 0.133. The first kappa shape index (κ1) is 36.3. The van der Waals surface area contributed by atoms with Gasteiger partial charge >= 0.3 is 18.4 Å². The Balaban J connectivity index is 1.37. The molecule has 3 aromatic carbocycles. The van der Waals surface area contributed by atoms with E-state index in [2.05, 4.69) is 16.4 Å². The van der Waals surface area contributed by atoms with Crippen LogP contribution in [0.3, 0.4) is 0 Å². The Hall–Kier alpha value is -3.55. The number of hydrogen-bond donors (Lipinski definition) is 0. The molecule has 0 spiro atoms. The van der Waals surface area contributed by atoms with Crippen LogP contribution in [0.25, 0.3) is 0 Å².